The van der Waals surface area contributed by atoms with Gasteiger partial charge in [0.25, 0.3) is 5.91 Å². The predicted octanol–water partition coefficient (Wildman–Crippen LogP) is 6.45. The number of hydrogen-bond acceptors (Lipinski definition) is 2. The van der Waals surface area contributed by atoms with Crippen molar-refractivity contribution >= 4 is 28.5 Å². The van der Waals surface area contributed by atoms with E-state index >= 15 is 0 Å². The van der Waals surface area contributed by atoms with Crippen LogP contribution in [0, 0.1) is 0 Å². The Labute approximate surface area is 203 Å². The Morgan fingerprint density at radius 2 is 1.44 bits per heavy atom. The number of carbonyl (C=O) groups is 1. The summed E-state index contributed by atoms with van der Waals surface area (Å²) in [6, 6.07) is 35.1. The average Bonchev–Trinajstić information content (AvgIpc) is 3.24. The molecule has 168 valence electrons. The van der Waals surface area contributed by atoms with Crippen molar-refractivity contribution < 1.29 is 4.79 Å². The van der Waals surface area contributed by atoms with Crippen LogP contribution in [0.3, 0.4) is 0 Å². The molecule has 5 aromatic rings. The highest BCUT2D eigenvalue weighted by Crippen LogP contribution is 2.26. The summed E-state index contributed by atoms with van der Waals surface area (Å²) in [5, 5.41) is 3.96. The first-order valence-corrected chi connectivity index (χ1v) is 11.6. The topological polar surface area (TPSA) is 46.9 Å². The van der Waals surface area contributed by atoms with Crippen molar-refractivity contribution in [3.05, 3.63) is 137 Å². The van der Waals surface area contributed by atoms with Gasteiger partial charge >= 0.3 is 0 Å². The molecule has 0 saturated carbocycles. The quantitative estimate of drug-likeness (QED) is 0.300. The molecule has 0 fully saturated rings. The molecule has 1 atom stereocenters. The Bertz CT molecular complexity index is 1400. The van der Waals surface area contributed by atoms with Crippen LogP contribution in [0.15, 0.2) is 109 Å². The number of imidazole rings is 1. The minimum Gasteiger partial charge on any atom is -0.342 e. The summed E-state index contributed by atoms with van der Waals surface area (Å²) in [4.78, 5) is 18.2. The summed E-state index contributed by atoms with van der Waals surface area (Å²) >= 11 is 6.11. The molecule has 4 aromatic carbocycles. The number of benzene rings is 4. The molecule has 0 spiro atoms. The smallest absolute Gasteiger partial charge is 0.251 e. The number of aromatic nitrogens is 2. The molecule has 0 aliphatic rings. The first-order chi connectivity index (χ1) is 16.7. The molecule has 1 N–H and O–H groups in total. The second-order valence-corrected chi connectivity index (χ2v) is 8.69. The molecule has 1 heterocycles. The maximum atomic E-state index is 13.2. The Kier molecular flexibility index (Phi) is 6.41. The minimum absolute atomic E-state index is 0.119. The van der Waals surface area contributed by atoms with E-state index in [-0.39, 0.29) is 11.9 Å². The van der Waals surface area contributed by atoms with E-state index in [1.807, 2.05) is 91.0 Å². The summed E-state index contributed by atoms with van der Waals surface area (Å²) in [6.07, 6.45) is 0.628. The van der Waals surface area contributed by atoms with Crippen molar-refractivity contribution in [2.45, 2.75) is 19.0 Å². The van der Waals surface area contributed by atoms with Crippen molar-refractivity contribution in [3.8, 4) is 0 Å². The molecular formula is C29H24ClN3O. The standard InChI is InChI=1S/C29H24ClN3O/c30-24-17-15-22(16-18-24)20-33-27-14-8-7-13-25(27)31-28(33)26(19-21-9-3-1-4-10-21)32-29(34)23-11-5-2-6-12-23/h1-18,26H,19-20H2,(H,32,34). The van der Waals surface area contributed by atoms with Gasteiger partial charge in [-0.1, -0.05) is 84.4 Å². The fraction of sp³-hybridized carbons (Fsp3) is 0.103. The van der Waals surface area contributed by atoms with Gasteiger partial charge in [0.05, 0.1) is 17.1 Å². The van der Waals surface area contributed by atoms with Crippen LogP contribution in [-0.2, 0) is 13.0 Å². The summed E-state index contributed by atoms with van der Waals surface area (Å²) in [5.41, 5.74) is 4.80. The molecule has 34 heavy (non-hydrogen) atoms. The minimum atomic E-state index is -0.310. The molecule has 4 nitrogen and oxygen atoms in total. The molecule has 0 aliphatic heterocycles. The SMILES string of the molecule is O=C(NC(Cc1ccccc1)c1nc2ccccc2n1Cc1ccc(Cl)cc1)c1ccccc1. The number of para-hydroxylation sites is 2. The van der Waals surface area contributed by atoms with Crippen molar-refractivity contribution in [2.24, 2.45) is 0 Å². The number of nitrogens with zero attached hydrogens (tertiary/aromatic N) is 2. The fourth-order valence-electron chi connectivity index (χ4n) is 4.19. The maximum Gasteiger partial charge on any atom is 0.251 e. The van der Waals surface area contributed by atoms with Crippen LogP contribution in [0.25, 0.3) is 11.0 Å². The van der Waals surface area contributed by atoms with E-state index in [1.54, 1.807) is 0 Å². The number of carbonyl (C=O) groups excluding carboxylic acids is 1. The van der Waals surface area contributed by atoms with E-state index in [9.17, 15) is 4.79 Å². The lowest BCUT2D eigenvalue weighted by Gasteiger charge is -2.21. The zero-order valence-electron chi connectivity index (χ0n) is 18.6. The Morgan fingerprint density at radius 1 is 0.794 bits per heavy atom. The summed E-state index contributed by atoms with van der Waals surface area (Å²) < 4.78 is 2.19. The zero-order chi connectivity index (χ0) is 23.3. The highest BCUT2D eigenvalue weighted by molar-refractivity contribution is 6.30. The number of hydrogen-bond donors (Lipinski definition) is 1. The third kappa shape index (κ3) is 4.87. The van der Waals surface area contributed by atoms with Gasteiger partial charge in [0.15, 0.2) is 0 Å². The number of fused-ring (bicyclic) bond motifs is 1. The van der Waals surface area contributed by atoms with Crippen molar-refractivity contribution in [1.82, 2.24) is 14.9 Å². The molecule has 5 rings (SSSR count). The normalized spacial score (nSPS) is 11.9. The van der Waals surface area contributed by atoms with Crippen LogP contribution < -0.4 is 5.32 Å². The Morgan fingerprint density at radius 3 is 2.18 bits per heavy atom. The van der Waals surface area contributed by atoms with Crippen LogP contribution in [0.1, 0.15) is 33.4 Å². The average molecular weight is 466 g/mol. The number of halogens is 1. The van der Waals surface area contributed by atoms with Gasteiger partial charge < -0.3 is 9.88 Å². The molecule has 1 unspecified atom stereocenters. The lowest BCUT2D eigenvalue weighted by atomic mass is 10.0. The van der Waals surface area contributed by atoms with Crippen molar-refractivity contribution in [3.63, 3.8) is 0 Å². The summed E-state index contributed by atoms with van der Waals surface area (Å²) in [6.45, 7) is 0.625. The third-order valence-corrected chi connectivity index (χ3v) is 6.13. The number of nitrogens with one attached hydrogen (secondary N) is 1. The largest absolute Gasteiger partial charge is 0.342 e. The van der Waals surface area contributed by atoms with Crippen LogP contribution in [0.4, 0.5) is 0 Å². The molecule has 0 aliphatic carbocycles. The highest BCUT2D eigenvalue weighted by atomic mass is 35.5. The number of rotatable bonds is 7. The zero-order valence-corrected chi connectivity index (χ0v) is 19.3. The highest BCUT2D eigenvalue weighted by Gasteiger charge is 2.23. The Hall–Kier alpha value is -3.89. The summed E-state index contributed by atoms with van der Waals surface area (Å²) in [5.74, 6) is 0.705. The second kappa shape index (κ2) is 9.94. The lowest BCUT2D eigenvalue weighted by Crippen LogP contribution is -2.32. The number of amides is 1. The van der Waals surface area contributed by atoms with Crippen molar-refractivity contribution in [2.75, 3.05) is 0 Å². The first-order valence-electron chi connectivity index (χ1n) is 11.3. The van der Waals surface area contributed by atoms with Gasteiger partial charge in [0.1, 0.15) is 5.82 Å². The van der Waals surface area contributed by atoms with Crippen LogP contribution >= 0.6 is 11.6 Å². The second-order valence-electron chi connectivity index (χ2n) is 8.25. The van der Waals surface area contributed by atoms with Gasteiger partial charge in [-0.25, -0.2) is 4.98 Å². The van der Waals surface area contributed by atoms with E-state index in [1.165, 1.54) is 0 Å². The molecule has 0 saturated heterocycles. The van der Waals surface area contributed by atoms with Gasteiger partial charge in [0.2, 0.25) is 0 Å². The maximum absolute atomic E-state index is 13.2. The van der Waals surface area contributed by atoms with E-state index in [0.29, 0.717) is 23.6 Å². The van der Waals surface area contributed by atoms with E-state index in [0.717, 1.165) is 28.0 Å². The van der Waals surface area contributed by atoms with Crippen molar-refractivity contribution in [1.29, 1.82) is 0 Å². The molecular weight excluding hydrogens is 442 g/mol. The lowest BCUT2D eigenvalue weighted by molar-refractivity contribution is 0.0934. The predicted molar refractivity (Wildman–Crippen MR) is 137 cm³/mol. The van der Waals surface area contributed by atoms with E-state index < -0.39 is 0 Å². The fourth-order valence-corrected chi connectivity index (χ4v) is 4.31. The first kappa shape index (κ1) is 21.9. The van der Waals surface area contributed by atoms with Gasteiger partial charge in [-0.2, -0.15) is 0 Å². The molecule has 5 heteroatoms. The van der Waals surface area contributed by atoms with Crippen LogP contribution in [-0.4, -0.2) is 15.5 Å². The molecule has 1 amide bonds. The van der Waals surface area contributed by atoms with Crippen LogP contribution in [0.5, 0.6) is 0 Å². The Balaban J connectivity index is 1.57. The molecule has 1 aromatic heterocycles. The molecule has 0 radical (unpaired) electrons. The van der Waals surface area contributed by atoms with Gasteiger partial charge in [-0.05, 0) is 53.9 Å². The van der Waals surface area contributed by atoms with Gasteiger partial charge in [0, 0.05) is 17.1 Å². The van der Waals surface area contributed by atoms with Gasteiger partial charge in [-0.15, -0.1) is 0 Å². The third-order valence-electron chi connectivity index (χ3n) is 5.87. The van der Waals surface area contributed by atoms with E-state index in [2.05, 4.69) is 28.1 Å². The van der Waals surface area contributed by atoms with E-state index in [4.69, 9.17) is 16.6 Å². The monoisotopic (exact) mass is 465 g/mol. The summed E-state index contributed by atoms with van der Waals surface area (Å²) in [7, 11) is 0. The van der Waals surface area contributed by atoms with Crippen LogP contribution in [0.2, 0.25) is 5.02 Å². The molecule has 0 bridgehead atoms. The van der Waals surface area contributed by atoms with Gasteiger partial charge in [-0.3, -0.25) is 4.79 Å².